The standard InChI is InChI=1S/C17H24N2O4/c1-2-23-15-5-3-14(4-6-15)16(20)13-19-11-9-18(10-12-19)8-7-17(21)22/h3-6H,2,7-13H2,1H3,(H,21,22). The van der Waals surface area contributed by atoms with Crippen molar-refractivity contribution in [1.82, 2.24) is 9.80 Å². The number of piperazine rings is 1. The van der Waals surface area contributed by atoms with Crippen molar-refractivity contribution in [3.63, 3.8) is 0 Å². The number of Topliss-reactive ketones (excluding diaryl/α,β-unsaturated/α-hetero) is 1. The molecule has 1 aliphatic heterocycles. The Hall–Kier alpha value is -1.92. The summed E-state index contributed by atoms with van der Waals surface area (Å²) in [4.78, 5) is 27.1. The summed E-state index contributed by atoms with van der Waals surface area (Å²) in [6, 6.07) is 7.24. The normalized spacial score (nSPS) is 16.2. The fourth-order valence-corrected chi connectivity index (χ4v) is 2.62. The first-order valence-electron chi connectivity index (χ1n) is 8.01. The smallest absolute Gasteiger partial charge is 0.304 e. The summed E-state index contributed by atoms with van der Waals surface area (Å²) in [5.74, 6) is 0.112. The highest BCUT2D eigenvalue weighted by Crippen LogP contribution is 2.13. The van der Waals surface area contributed by atoms with Crippen molar-refractivity contribution in [3.05, 3.63) is 29.8 Å². The van der Waals surface area contributed by atoms with E-state index >= 15 is 0 Å². The van der Waals surface area contributed by atoms with E-state index in [1.807, 2.05) is 19.1 Å². The van der Waals surface area contributed by atoms with E-state index in [-0.39, 0.29) is 12.2 Å². The van der Waals surface area contributed by atoms with Gasteiger partial charge in [-0.15, -0.1) is 0 Å². The highest BCUT2D eigenvalue weighted by molar-refractivity contribution is 5.97. The first-order chi connectivity index (χ1) is 11.1. The minimum absolute atomic E-state index is 0.104. The van der Waals surface area contributed by atoms with E-state index in [1.165, 1.54) is 0 Å². The maximum Gasteiger partial charge on any atom is 0.304 e. The van der Waals surface area contributed by atoms with E-state index < -0.39 is 5.97 Å². The van der Waals surface area contributed by atoms with Crippen LogP contribution in [0.5, 0.6) is 5.75 Å². The number of rotatable bonds is 8. The lowest BCUT2D eigenvalue weighted by molar-refractivity contribution is -0.137. The lowest BCUT2D eigenvalue weighted by Crippen LogP contribution is -2.48. The number of hydrogen-bond acceptors (Lipinski definition) is 5. The molecule has 0 atom stereocenters. The Balaban J connectivity index is 1.77. The molecule has 1 fully saturated rings. The summed E-state index contributed by atoms with van der Waals surface area (Å²) in [6.45, 7) is 6.73. The molecule has 126 valence electrons. The van der Waals surface area contributed by atoms with Gasteiger partial charge < -0.3 is 14.7 Å². The molecule has 1 saturated heterocycles. The average Bonchev–Trinajstić information content (AvgIpc) is 2.55. The lowest BCUT2D eigenvalue weighted by Gasteiger charge is -2.34. The van der Waals surface area contributed by atoms with Crippen molar-refractivity contribution >= 4 is 11.8 Å². The van der Waals surface area contributed by atoms with Crippen LogP contribution in [0, 0.1) is 0 Å². The van der Waals surface area contributed by atoms with Crippen LogP contribution in [0.15, 0.2) is 24.3 Å². The fraction of sp³-hybridized carbons (Fsp3) is 0.529. The zero-order valence-electron chi connectivity index (χ0n) is 13.5. The summed E-state index contributed by atoms with van der Waals surface area (Å²) in [6.07, 6.45) is 0.172. The van der Waals surface area contributed by atoms with Crippen LogP contribution in [0.25, 0.3) is 0 Å². The second-order valence-corrected chi connectivity index (χ2v) is 5.64. The molecular formula is C17H24N2O4. The van der Waals surface area contributed by atoms with Crippen molar-refractivity contribution in [3.8, 4) is 5.75 Å². The Morgan fingerprint density at radius 1 is 1.09 bits per heavy atom. The number of aliphatic carboxylic acids is 1. The molecule has 0 unspecified atom stereocenters. The molecule has 0 bridgehead atoms. The van der Waals surface area contributed by atoms with Crippen LogP contribution in [-0.2, 0) is 4.79 Å². The zero-order chi connectivity index (χ0) is 16.7. The molecule has 1 aliphatic rings. The Bertz CT molecular complexity index is 522. The summed E-state index contributed by atoms with van der Waals surface area (Å²) >= 11 is 0. The van der Waals surface area contributed by atoms with Gasteiger partial charge in [-0.2, -0.15) is 0 Å². The monoisotopic (exact) mass is 320 g/mol. The number of ether oxygens (including phenoxy) is 1. The van der Waals surface area contributed by atoms with Gasteiger partial charge >= 0.3 is 5.97 Å². The largest absolute Gasteiger partial charge is 0.494 e. The van der Waals surface area contributed by atoms with Crippen molar-refractivity contribution in [2.45, 2.75) is 13.3 Å². The lowest BCUT2D eigenvalue weighted by atomic mass is 10.1. The number of hydrogen-bond donors (Lipinski definition) is 1. The number of benzene rings is 1. The number of carboxylic acid groups (broad SMARTS) is 1. The molecule has 0 spiro atoms. The van der Waals surface area contributed by atoms with Gasteiger partial charge in [0.05, 0.1) is 19.6 Å². The molecule has 2 rings (SSSR count). The molecule has 1 heterocycles. The van der Waals surface area contributed by atoms with Gasteiger partial charge in [-0.3, -0.25) is 14.5 Å². The van der Waals surface area contributed by atoms with Crippen molar-refractivity contribution in [2.24, 2.45) is 0 Å². The van der Waals surface area contributed by atoms with Gasteiger partial charge in [0, 0.05) is 38.3 Å². The first-order valence-corrected chi connectivity index (χ1v) is 8.01. The Morgan fingerprint density at radius 2 is 1.70 bits per heavy atom. The van der Waals surface area contributed by atoms with E-state index in [0.29, 0.717) is 25.3 Å². The van der Waals surface area contributed by atoms with E-state index in [0.717, 1.165) is 31.9 Å². The van der Waals surface area contributed by atoms with Crippen LogP contribution < -0.4 is 4.74 Å². The molecule has 6 nitrogen and oxygen atoms in total. The highest BCUT2D eigenvalue weighted by atomic mass is 16.5. The Kier molecular flexibility index (Phi) is 6.55. The van der Waals surface area contributed by atoms with Gasteiger partial charge in [-0.1, -0.05) is 0 Å². The summed E-state index contributed by atoms with van der Waals surface area (Å²) in [5, 5.41) is 8.70. The molecule has 0 aromatic heterocycles. The Morgan fingerprint density at radius 3 is 2.26 bits per heavy atom. The SMILES string of the molecule is CCOc1ccc(C(=O)CN2CCN(CCC(=O)O)CC2)cc1. The molecular weight excluding hydrogens is 296 g/mol. The minimum atomic E-state index is -0.766. The molecule has 1 aromatic rings. The topological polar surface area (TPSA) is 70.1 Å². The molecule has 1 N–H and O–H groups in total. The summed E-state index contributed by atoms with van der Waals surface area (Å²) < 4.78 is 5.37. The van der Waals surface area contributed by atoms with Gasteiger partial charge in [0.15, 0.2) is 5.78 Å². The summed E-state index contributed by atoms with van der Waals surface area (Å²) in [5.41, 5.74) is 0.696. The van der Waals surface area contributed by atoms with Gasteiger partial charge in [0.25, 0.3) is 0 Å². The molecule has 0 amide bonds. The van der Waals surface area contributed by atoms with Crippen LogP contribution >= 0.6 is 0 Å². The quantitative estimate of drug-likeness (QED) is 0.729. The molecule has 6 heteroatoms. The number of carbonyl (C=O) groups excluding carboxylic acids is 1. The first kappa shape index (κ1) is 17.4. The predicted molar refractivity (Wildman–Crippen MR) is 87.1 cm³/mol. The van der Waals surface area contributed by atoms with Crippen molar-refractivity contribution < 1.29 is 19.4 Å². The van der Waals surface area contributed by atoms with E-state index in [2.05, 4.69) is 9.80 Å². The average molecular weight is 320 g/mol. The van der Waals surface area contributed by atoms with Gasteiger partial charge in [-0.05, 0) is 31.2 Å². The zero-order valence-corrected chi connectivity index (χ0v) is 13.5. The fourth-order valence-electron chi connectivity index (χ4n) is 2.62. The maximum absolute atomic E-state index is 12.3. The van der Waals surface area contributed by atoms with E-state index in [1.54, 1.807) is 12.1 Å². The van der Waals surface area contributed by atoms with E-state index in [4.69, 9.17) is 9.84 Å². The summed E-state index contributed by atoms with van der Waals surface area (Å²) in [7, 11) is 0. The number of nitrogens with zero attached hydrogens (tertiary/aromatic N) is 2. The van der Waals surface area contributed by atoms with Crippen LogP contribution in [0.3, 0.4) is 0 Å². The molecule has 0 radical (unpaired) electrons. The Labute approximate surface area is 136 Å². The third kappa shape index (κ3) is 5.65. The van der Waals surface area contributed by atoms with Gasteiger partial charge in [0.2, 0.25) is 0 Å². The van der Waals surface area contributed by atoms with Crippen molar-refractivity contribution in [1.29, 1.82) is 0 Å². The third-order valence-electron chi connectivity index (χ3n) is 3.96. The second-order valence-electron chi connectivity index (χ2n) is 5.64. The van der Waals surface area contributed by atoms with Crippen LogP contribution in [0.2, 0.25) is 0 Å². The number of ketones is 1. The number of carbonyl (C=O) groups is 2. The van der Waals surface area contributed by atoms with Crippen LogP contribution in [0.4, 0.5) is 0 Å². The van der Waals surface area contributed by atoms with Crippen molar-refractivity contribution in [2.75, 3.05) is 45.9 Å². The van der Waals surface area contributed by atoms with E-state index in [9.17, 15) is 9.59 Å². The third-order valence-corrected chi connectivity index (χ3v) is 3.96. The van der Waals surface area contributed by atoms with Crippen LogP contribution in [-0.4, -0.2) is 72.5 Å². The molecule has 0 saturated carbocycles. The number of carboxylic acids is 1. The minimum Gasteiger partial charge on any atom is -0.494 e. The maximum atomic E-state index is 12.3. The second kappa shape index (κ2) is 8.64. The highest BCUT2D eigenvalue weighted by Gasteiger charge is 2.19. The molecule has 23 heavy (non-hydrogen) atoms. The molecule has 0 aliphatic carbocycles. The van der Waals surface area contributed by atoms with Crippen LogP contribution in [0.1, 0.15) is 23.7 Å². The molecule has 1 aromatic carbocycles. The predicted octanol–water partition coefficient (Wildman–Crippen LogP) is 1.36. The van der Waals surface area contributed by atoms with Gasteiger partial charge in [-0.25, -0.2) is 0 Å². The van der Waals surface area contributed by atoms with Gasteiger partial charge in [0.1, 0.15) is 5.75 Å².